The maximum Gasteiger partial charge on any atom is 0.0929 e. The Morgan fingerprint density at radius 2 is 2.00 bits per heavy atom. The van der Waals surface area contributed by atoms with Crippen LogP contribution in [0.3, 0.4) is 0 Å². The first-order chi connectivity index (χ1) is 3.15. The van der Waals surface area contributed by atoms with E-state index < -0.39 is 0 Å². The van der Waals surface area contributed by atoms with E-state index in [-0.39, 0.29) is 5.54 Å². The summed E-state index contributed by atoms with van der Waals surface area (Å²) in [6.07, 6.45) is 1.95. The monoisotopic (exact) mass is 116 g/mol. The van der Waals surface area contributed by atoms with Crippen molar-refractivity contribution in [2.75, 3.05) is 0 Å². The molecule has 0 unspecified atom stereocenters. The summed E-state index contributed by atoms with van der Waals surface area (Å²) in [5, 5.41) is 0. The van der Waals surface area contributed by atoms with Gasteiger partial charge in [0, 0.05) is 0 Å². The summed E-state index contributed by atoms with van der Waals surface area (Å²) in [4.78, 5) is 0.465. The molecule has 4 N–H and O–H groups in total. The van der Waals surface area contributed by atoms with Crippen LogP contribution in [0, 0.1) is 0 Å². The first-order valence-corrected chi connectivity index (χ1v) is 2.65. The predicted octanol–water partition coefficient (Wildman–Crippen LogP) is -0.236. The van der Waals surface area contributed by atoms with E-state index in [0.29, 0.717) is 4.99 Å². The summed E-state index contributed by atoms with van der Waals surface area (Å²) in [6.45, 7) is 0. The van der Waals surface area contributed by atoms with E-state index in [9.17, 15) is 0 Å². The number of nitrogens with two attached hydrogens (primary N) is 2. The van der Waals surface area contributed by atoms with Crippen LogP contribution in [0.25, 0.3) is 0 Å². The van der Waals surface area contributed by atoms with Crippen LogP contribution < -0.4 is 11.5 Å². The molecule has 1 saturated carbocycles. The minimum absolute atomic E-state index is 0.241. The molecule has 0 aromatic heterocycles. The molecule has 7 heavy (non-hydrogen) atoms. The van der Waals surface area contributed by atoms with Gasteiger partial charge in [0.05, 0.1) is 10.5 Å². The summed E-state index contributed by atoms with van der Waals surface area (Å²) in [7, 11) is 0. The summed E-state index contributed by atoms with van der Waals surface area (Å²) >= 11 is 4.65. The van der Waals surface area contributed by atoms with Crippen molar-refractivity contribution in [3.63, 3.8) is 0 Å². The number of hydrogen-bond donors (Lipinski definition) is 2. The molecular formula is C4H8N2S. The minimum atomic E-state index is -0.241. The number of thiocarbonyl (C=S) groups is 1. The summed E-state index contributed by atoms with van der Waals surface area (Å²) in [5.41, 5.74) is 10.5. The summed E-state index contributed by atoms with van der Waals surface area (Å²) < 4.78 is 0. The van der Waals surface area contributed by atoms with Gasteiger partial charge in [-0.3, -0.25) is 0 Å². The zero-order valence-electron chi connectivity index (χ0n) is 3.98. The van der Waals surface area contributed by atoms with E-state index in [0.717, 1.165) is 12.8 Å². The van der Waals surface area contributed by atoms with Gasteiger partial charge in [-0.05, 0) is 12.8 Å². The molecule has 0 radical (unpaired) electrons. The Kier molecular flexibility index (Phi) is 0.834. The lowest BCUT2D eigenvalue weighted by molar-refractivity contribution is 0.914. The fourth-order valence-corrected chi connectivity index (χ4v) is 0.585. The van der Waals surface area contributed by atoms with Gasteiger partial charge >= 0.3 is 0 Å². The second kappa shape index (κ2) is 1.17. The van der Waals surface area contributed by atoms with Gasteiger partial charge in [-0.25, -0.2) is 0 Å². The van der Waals surface area contributed by atoms with Gasteiger partial charge in [0.1, 0.15) is 0 Å². The molecule has 0 atom stereocenters. The Bertz CT molecular complexity index is 106. The fourth-order valence-electron chi connectivity index (χ4n) is 0.381. The lowest BCUT2D eigenvalue weighted by Crippen LogP contribution is -2.36. The quantitative estimate of drug-likeness (QED) is 0.465. The molecule has 40 valence electrons. The van der Waals surface area contributed by atoms with Gasteiger partial charge in [0.2, 0.25) is 0 Å². The fraction of sp³-hybridized carbons (Fsp3) is 0.750. The average Bonchev–Trinajstić information content (AvgIpc) is 2.21. The molecule has 1 aliphatic rings. The summed E-state index contributed by atoms with van der Waals surface area (Å²) in [5.74, 6) is 0. The molecule has 0 heterocycles. The van der Waals surface area contributed by atoms with E-state index >= 15 is 0 Å². The Morgan fingerprint density at radius 3 is 2.00 bits per heavy atom. The highest BCUT2D eigenvalue weighted by Gasteiger charge is 2.41. The smallest absolute Gasteiger partial charge is 0.0929 e. The Morgan fingerprint density at radius 1 is 1.57 bits per heavy atom. The van der Waals surface area contributed by atoms with E-state index in [2.05, 4.69) is 12.2 Å². The Labute approximate surface area is 47.9 Å². The van der Waals surface area contributed by atoms with Crippen LogP contribution in [0.2, 0.25) is 0 Å². The van der Waals surface area contributed by atoms with Crippen molar-refractivity contribution in [2.45, 2.75) is 18.4 Å². The van der Waals surface area contributed by atoms with E-state index in [1.807, 2.05) is 0 Å². The van der Waals surface area contributed by atoms with Crippen molar-refractivity contribution in [2.24, 2.45) is 11.5 Å². The van der Waals surface area contributed by atoms with Gasteiger partial charge in [-0.15, -0.1) is 0 Å². The van der Waals surface area contributed by atoms with Gasteiger partial charge in [-0.2, -0.15) is 0 Å². The molecule has 0 amide bonds. The second-order valence-electron chi connectivity index (χ2n) is 2.02. The Balaban J connectivity index is 2.55. The molecule has 1 aliphatic carbocycles. The van der Waals surface area contributed by atoms with Crippen molar-refractivity contribution >= 4 is 17.2 Å². The van der Waals surface area contributed by atoms with Gasteiger partial charge in [0.15, 0.2) is 0 Å². The topological polar surface area (TPSA) is 52.0 Å². The van der Waals surface area contributed by atoms with E-state index in [4.69, 9.17) is 11.5 Å². The highest BCUT2D eigenvalue weighted by Crippen LogP contribution is 2.31. The lowest BCUT2D eigenvalue weighted by atomic mass is 10.3. The maximum atomic E-state index is 5.52. The molecule has 0 spiro atoms. The third kappa shape index (κ3) is 0.737. The van der Waals surface area contributed by atoms with E-state index in [1.165, 1.54) is 0 Å². The molecule has 0 saturated heterocycles. The van der Waals surface area contributed by atoms with Gasteiger partial charge in [-0.1, -0.05) is 12.2 Å². The van der Waals surface area contributed by atoms with E-state index in [1.54, 1.807) is 0 Å². The minimum Gasteiger partial charge on any atom is -0.392 e. The SMILES string of the molecule is NC(=S)C1(N)CC1. The molecule has 1 rings (SSSR count). The molecule has 0 bridgehead atoms. The first kappa shape index (κ1) is 5.00. The molecule has 2 nitrogen and oxygen atoms in total. The summed E-state index contributed by atoms with van der Waals surface area (Å²) in [6, 6.07) is 0. The van der Waals surface area contributed by atoms with Crippen LogP contribution in [0.1, 0.15) is 12.8 Å². The molecule has 3 heteroatoms. The standard InChI is InChI=1S/C4H8N2S/c5-3(7)4(6)1-2-4/h1-2,6H2,(H2,5,7). The highest BCUT2D eigenvalue weighted by atomic mass is 32.1. The third-order valence-corrected chi connectivity index (χ3v) is 1.69. The predicted molar refractivity (Wildman–Crippen MR) is 32.9 cm³/mol. The number of rotatable bonds is 1. The normalized spacial score (nSPS) is 24.1. The zero-order valence-corrected chi connectivity index (χ0v) is 4.79. The van der Waals surface area contributed by atoms with Crippen molar-refractivity contribution < 1.29 is 0 Å². The van der Waals surface area contributed by atoms with Crippen molar-refractivity contribution in [1.82, 2.24) is 0 Å². The molecular weight excluding hydrogens is 108 g/mol. The Hall–Kier alpha value is -0.150. The van der Waals surface area contributed by atoms with Crippen LogP contribution in [0.4, 0.5) is 0 Å². The molecule has 0 aromatic carbocycles. The highest BCUT2D eigenvalue weighted by molar-refractivity contribution is 7.80. The van der Waals surface area contributed by atoms with Gasteiger partial charge < -0.3 is 11.5 Å². The average molecular weight is 116 g/mol. The lowest BCUT2D eigenvalue weighted by Gasteiger charge is -2.01. The third-order valence-electron chi connectivity index (χ3n) is 1.28. The molecule has 0 aliphatic heterocycles. The van der Waals surface area contributed by atoms with Crippen LogP contribution in [0.5, 0.6) is 0 Å². The zero-order chi connectivity index (χ0) is 5.49. The largest absolute Gasteiger partial charge is 0.392 e. The molecule has 0 aromatic rings. The van der Waals surface area contributed by atoms with Crippen LogP contribution in [-0.2, 0) is 0 Å². The van der Waals surface area contributed by atoms with Crippen LogP contribution in [-0.4, -0.2) is 10.5 Å². The number of hydrogen-bond acceptors (Lipinski definition) is 2. The van der Waals surface area contributed by atoms with Crippen molar-refractivity contribution in [3.05, 3.63) is 0 Å². The second-order valence-corrected chi connectivity index (χ2v) is 2.46. The van der Waals surface area contributed by atoms with Crippen molar-refractivity contribution in [1.29, 1.82) is 0 Å². The molecule has 1 fully saturated rings. The first-order valence-electron chi connectivity index (χ1n) is 2.24. The van der Waals surface area contributed by atoms with Crippen LogP contribution >= 0.6 is 12.2 Å². The van der Waals surface area contributed by atoms with Crippen LogP contribution in [0.15, 0.2) is 0 Å². The van der Waals surface area contributed by atoms with Gasteiger partial charge in [0.25, 0.3) is 0 Å². The maximum absolute atomic E-state index is 5.52. The van der Waals surface area contributed by atoms with Crippen molar-refractivity contribution in [3.8, 4) is 0 Å².